The van der Waals surface area contributed by atoms with Gasteiger partial charge < -0.3 is 15.8 Å². The molecule has 0 saturated heterocycles. The van der Waals surface area contributed by atoms with Gasteiger partial charge in [-0.2, -0.15) is 13.2 Å². The molecular formula is C9H7F3N4O3. The Labute approximate surface area is 103 Å². The second-order valence-electron chi connectivity index (χ2n) is 3.12. The largest absolute Gasteiger partial charge is 0.490 e. The van der Waals surface area contributed by atoms with Crippen molar-refractivity contribution in [1.29, 1.82) is 0 Å². The smallest absolute Gasteiger partial charge is 0.475 e. The minimum absolute atomic E-state index is 0.373. The first-order valence-electron chi connectivity index (χ1n) is 4.61. The van der Waals surface area contributed by atoms with E-state index in [0.717, 1.165) is 0 Å². The topological polar surface area (TPSA) is 122 Å². The van der Waals surface area contributed by atoms with Crippen LogP contribution in [-0.4, -0.2) is 38.1 Å². The number of aromatic amines is 1. The minimum Gasteiger partial charge on any atom is -0.475 e. The third kappa shape index (κ3) is 3.66. The number of aliphatic carboxylic acids is 1. The summed E-state index contributed by atoms with van der Waals surface area (Å²) in [5.74, 6) is -3.26. The molecule has 0 spiro atoms. The number of amides is 1. The normalized spacial score (nSPS) is 10.7. The van der Waals surface area contributed by atoms with Crippen molar-refractivity contribution in [3.8, 4) is 0 Å². The van der Waals surface area contributed by atoms with Crippen LogP contribution in [0.2, 0.25) is 0 Å². The lowest BCUT2D eigenvalue weighted by Crippen LogP contribution is -2.21. The number of fused-ring (bicyclic) bond motifs is 1. The number of H-pyrrole nitrogens is 1. The van der Waals surface area contributed by atoms with E-state index in [4.69, 9.17) is 15.6 Å². The molecule has 0 aliphatic carbocycles. The highest BCUT2D eigenvalue weighted by atomic mass is 19.4. The maximum atomic E-state index is 10.8. The number of hydrogen-bond donors (Lipinski definition) is 3. The number of carboxylic acid groups (broad SMARTS) is 1. The van der Waals surface area contributed by atoms with E-state index in [1.165, 1.54) is 12.4 Å². The Morgan fingerprint density at radius 3 is 2.26 bits per heavy atom. The highest BCUT2D eigenvalue weighted by molar-refractivity contribution is 6.03. The zero-order chi connectivity index (χ0) is 14.6. The van der Waals surface area contributed by atoms with E-state index in [9.17, 15) is 18.0 Å². The summed E-state index contributed by atoms with van der Waals surface area (Å²) in [5, 5.41) is 7.12. The van der Waals surface area contributed by atoms with Crippen LogP contribution in [0.5, 0.6) is 0 Å². The monoisotopic (exact) mass is 276 g/mol. The van der Waals surface area contributed by atoms with Crippen LogP contribution in [-0.2, 0) is 4.79 Å². The molecular weight excluding hydrogens is 269 g/mol. The predicted octanol–water partition coefficient (Wildman–Crippen LogP) is 0.690. The van der Waals surface area contributed by atoms with Crippen molar-refractivity contribution in [3.05, 3.63) is 24.2 Å². The summed E-state index contributed by atoms with van der Waals surface area (Å²) in [7, 11) is 0. The van der Waals surface area contributed by atoms with Crippen LogP contribution < -0.4 is 5.73 Å². The standard InChI is InChI=1S/C7H6N4O.C2HF3O2/c8-6(12)4-3-11-7-5(4)9-1-2-10-7;3-2(4,5)1(6)7/h1-3H,(H2,8,12)(H,10,11);(H,6,7). The first-order valence-corrected chi connectivity index (χ1v) is 4.61. The Kier molecular flexibility index (Phi) is 4.04. The van der Waals surface area contributed by atoms with Crippen molar-refractivity contribution < 1.29 is 27.9 Å². The number of nitrogens with two attached hydrogens (primary N) is 1. The Morgan fingerprint density at radius 2 is 1.79 bits per heavy atom. The predicted molar refractivity (Wildman–Crippen MR) is 56.1 cm³/mol. The van der Waals surface area contributed by atoms with Gasteiger partial charge in [-0.3, -0.25) is 9.78 Å². The number of primary amides is 1. The number of carbonyl (C=O) groups excluding carboxylic acids is 1. The highest BCUT2D eigenvalue weighted by Crippen LogP contribution is 2.13. The summed E-state index contributed by atoms with van der Waals surface area (Å²) in [6.07, 6.45) is -0.515. The van der Waals surface area contributed by atoms with Gasteiger partial charge in [0.15, 0.2) is 5.65 Å². The van der Waals surface area contributed by atoms with Crippen LogP contribution >= 0.6 is 0 Å². The molecule has 2 heterocycles. The van der Waals surface area contributed by atoms with Gasteiger partial charge in [-0.05, 0) is 0 Å². The van der Waals surface area contributed by atoms with Gasteiger partial charge in [-0.25, -0.2) is 9.78 Å². The summed E-state index contributed by atoms with van der Waals surface area (Å²) in [5.41, 5.74) is 6.56. The fourth-order valence-corrected chi connectivity index (χ4v) is 1.04. The van der Waals surface area contributed by atoms with Gasteiger partial charge >= 0.3 is 12.1 Å². The molecule has 10 heteroatoms. The third-order valence-electron chi connectivity index (χ3n) is 1.81. The molecule has 0 fully saturated rings. The number of rotatable bonds is 1. The first-order chi connectivity index (χ1) is 8.73. The van der Waals surface area contributed by atoms with E-state index in [-0.39, 0.29) is 0 Å². The van der Waals surface area contributed by atoms with Crippen LogP contribution in [0.15, 0.2) is 18.6 Å². The Hall–Kier alpha value is -2.65. The lowest BCUT2D eigenvalue weighted by molar-refractivity contribution is -0.192. The minimum atomic E-state index is -5.08. The molecule has 1 amide bonds. The SMILES string of the molecule is NC(=O)c1c[nH]c2nccnc12.O=C(O)C(F)(F)F. The summed E-state index contributed by atoms with van der Waals surface area (Å²) in [6, 6.07) is 0. The highest BCUT2D eigenvalue weighted by Gasteiger charge is 2.38. The average molecular weight is 276 g/mol. The molecule has 19 heavy (non-hydrogen) atoms. The zero-order valence-corrected chi connectivity index (χ0v) is 9.10. The molecule has 0 aromatic carbocycles. The van der Waals surface area contributed by atoms with Crippen LogP contribution in [0.1, 0.15) is 10.4 Å². The van der Waals surface area contributed by atoms with Crippen molar-refractivity contribution in [2.24, 2.45) is 5.73 Å². The molecule has 2 aromatic heterocycles. The van der Waals surface area contributed by atoms with E-state index in [1.807, 2.05) is 0 Å². The van der Waals surface area contributed by atoms with E-state index in [1.54, 1.807) is 6.20 Å². The molecule has 0 unspecified atom stereocenters. The van der Waals surface area contributed by atoms with Crippen molar-refractivity contribution in [2.75, 3.05) is 0 Å². The fourth-order valence-electron chi connectivity index (χ4n) is 1.04. The molecule has 7 nitrogen and oxygen atoms in total. The molecule has 0 aliphatic rings. The summed E-state index contributed by atoms with van der Waals surface area (Å²) < 4.78 is 31.7. The number of carboxylic acids is 1. The van der Waals surface area contributed by atoms with Crippen LogP contribution in [0.4, 0.5) is 13.2 Å². The number of halogens is 3. The lowest BCUT2D eigenvalue weighted by Gasteiger charge is -1.93. The van der Waals surface area contributed by atoms with Crippen molar-refractivity contribution in [2.45, 2.75) is 6.18 Å². The Morgan fingerprint density at radius 1 is 1.26 bits per heavy atom. The summed E-state index contributed by atoms with van der Waals surface area (Å²) >= 11 is 0. The average Bonchev–Trinajstić information content (AvgIpc) is 2.72. The fraction of sp³-hybridized carbons (Fsp3) is 0.111. The molecule has 0 atom stereocenters. The number of alkyl halides is 3. The van der Waals surface area contributed by atoms with Crippen LogP contribution in [0, 0.1) is 0 Å². The second kappa shape index (κ2) is 5.33. The van der Waals surface area contributed by atoms with Crippen LogP contribution in [0.3, 0.4) is 0 Å². The van der Waals surface area contributed by atoms with Gasteiger partial charge in [0.2, 0.25) is 0 Å². The Bertz CT molecular complexity index is 608. The number of aromatic nitrogens is 3. The number of carbonyl (C=O) groups is 2. The molecule has 0 bridgehead atoms. The van der Waals surface area contributed by atoms with Crippen LogP contribution in [0.25, 0.3) is 11.2 Å². The molecule has 4 N–H and O–H groups in total. The first kappa shape index (κ1) is 14.4. The van der Waals surface area contributed by atoms with Crippen molar-refractivity contribution in [1.82, 2.24) is 15.0 Å². The van der Waals surface area contributed by atoms with Gasteiger partial charge in [-0.15, -0.1) is 0 Å². The van der Waals surface area contributed by atoms with Crippen molar-refractivity contribution >= 4 is 23.0 Å². The summed E-state index contributed by atoms with van der Waals surface area (Å²) in [4.78, 5) is 30.4. The maximum Gasteiger partial charge on any atom is 0.490 e. The number of nitrogens with zero attached hydrogens (tertiary/aromatic N) is 2. The molecule has 102 valence electrons. The van der Waals surface area contributed by atoms with E-state index in [0.29, 0.717) is 16.7 Å². The van der Waals surface area contributed by atoms with E-state index in [2.05, 4.69) is 15.0 Å². The second-order valence-corrected chi connectivity index (χ2v) is 3.12. The van der Waals surface area contributed by atoms with Gasteiger partial charge in [0.05, 0.1) is 5.56 Å². The molecule has 0 radical (unpaired) electrons. The maximum absolute atomic E-state index is 10.8. The molecule has 2 aromatic rings. The Balaban J connectivity index is 0.000000224. The van der Waals surface area contributed by atoms with Gasteiger partial charge in [0.1, 0.15) is 5.52 Å². The van der Waals surface area contributed by atoms with Gasteiger partial charge in [0.25, 0.3) is 5.91 Å². The van der Waals surface area contributed by atoms with E-state index < -0.39 is 18.1 Å². The van der Waals surface area contributed by atoms with Gasteiger partial charge in [-0.1, -0.05) is 0 Å². The molecule has 0 aliphatic heterocycles. The molecule has 0 saturated carbocycles. The van der Waals surface area contributed by atoms with Gasteiger partial charge in [0, 0.05) is 18.6 Å². The van der Waals surface area contributed by atoms with Crippen molar-refractivity contribution in [3.63, 3.8) is 0 Å². The zero-order valence-electron chi connectivity index (χ0n) is 9.10. The third-order valence-corrected chi connectivity index (χ3v) is 1.81. The number of hydrogen-bond acceptors (Lipinski definition) is 4. The number of nitrogens with one attached hydrogen (secondary N) is 1. The summed E-state index contributed by atoms with van der Waals surface area (Å²) in [6.45, 7) is 0. The van der Waals surface area contributed by atoms with E-state index >= 15 is 0 Å². The molecule has 2 rings (SSSR count). The quantitative estimate of drug-likeness (QED) is 0.707. The lowest BCUT2D eigenvalue weighted by atomic mass is 10.3.